The summed E-state index contributed by atoms with van der Waals surface area (Å²) in [6.45, 7) is -0.222. The molecule has 130 valence electrons. The first kappa shape index (κ1) is 18.5. The highest BCUT2D eigenvalue weighted by Gasteiger charge is 2.24. The molecule has 2 aliphatic rings. The number of nitriles is 1. The number of nitrogens with zero attached hydrogens (tertiary/aromatic N) is 1. The van der Waals surface area contributed by atoms with E-state index in [9.17, 15) is 4.39 Å². The Hall–Kier alpha value is -0.840. The molecule has 0 amide bonds. The monoisotopic (exact) mass is 319 g/mol. The van der Waals surface area contributed by atoms with Crippen LogP contribution in [0, 0.1) is 35.0 Å². The molecule has 0 bridgehead atoms. The van der Waals surface area contributed by atoms with E-state index in [1.807, 2.05) is 6.08 Å². The third-order valence-electron chi connectivity index (χ3n) is 6.16. The smallest absolute Gasteiger partial charge is 0.0928 e. The maximum atomic E-state index is 12.0. The van der Waals surface area contributed by atoms with Crippen LogP contribution in [0.2, 0.25) is 0 Å². The molecule has 2 fully saturated rings. The van der Waals surface area contributed by atoms with Gasteiger partial charge in [-0.3, -0.25) is 4.39 Å². The van der Waals surface area contributed by atoms with Gasteiger partial charge in [-0.1, -0.05) is 50.7 Å². The fourth-order valence-corrected chi connectivity index (χ4v) is 4.49. The minimum absolute atomic E-state index is 0.222. The van der Waals surface area contributed by atoms with Crippen LogP contribution in [0.15, 0.2) is 12.2 Å². The van der Waals surface area contributed by atoms with E-state index in [-0.39, 0.29) is 6.67 Å². The average Bonchev–Trinajstić information content (AvgIpc) is 2.61. The van der Waals surface area contributed by atoms with Crippen LogP contribution in [0.5, 0.6) is 0 Å². The third-order valence-corrected chi connectivity index (χ3v) is 6.16. The van der Waals surface area contributed by atoms with E-state index in [0.29, 0.717) is 12.3 Å². The molecule has 0 spiro atoms. The number of rotatable bonds is 8. The van der Waals surface area contributed by atoms with E-state index in [0.717, 1.165) is 37.0 Å². The second-order valence-electron chi connectivity index (χ2n) is 7.84. The lowest BCUT2D eigenvalue weighted by molar-refractivity contribution is 0.223. The molecule has 0 N–H and O–H groups in total. The first-order valence-electron chi connectivity index (χ1n) is 9.92. The van der Waals surface area contributed by atoms with Crippen molar-refractivity contribution in [3.8, 4) is 6.07 Å². The van der Waals surface area contributed by atoms with Crippen molar-refractivity contribution in [1.82, 2.24) is 0 Å². The zero-order chi connectivity index (χ0) is 16.3. The second kappa shape index (κ2) is 10.8. The van der Waals surface area contributed by atoms with E-state index in [2.05, 4.69) is 12.1 Å². The zero-order valence-corrected chi connectivity index (χ0v) is 14.7. The van der Waals surface area contributed by atoms with E-state index in [1.165, 1.54) is 57.8 Å². The summed E-state index contributed by atoms with van der Waals surface area (Å²) in [7, 11) is 0. The summed E-state index contributed by atoms with van der Waals surface area (Å²) in [6.07, 6.45) is 20.5. The van der Waals surface area contributed by atoms with Crippen molar-refractivity contribution >= 4 is 0 Å². The van der Waals surface area contributed by atoms with Gasteiger partial charge in [-0.2, -0.15) is 5.26 Å². The third kappa shape index (κ3) is 7.06. The van der Waals surface area contributed by atoms with Crippen molar-refractivity contribution in [1.29, 1.82) is 5.26 Å². The Labute approximate surface area is 142 Å². The minimum atomic E-state index is -0.222. The van der Waals surface area contributed by atoms with E-state index >= 15 is 0 Å². The van der Waals surface area contributed by atoms with Crippen LogP contribution in [0.1, 0.15) is 83.5 Å². The lowest BCUT2D eigenvalue weighted by Crippen LogP contribution is -2.17. The Kier molecular flexibility index (Phi) is 8.72. The first-order chi connectivity index (χ1) is 11.3. The summed E-state index contributed by atoms with van der Waals surface area (Å²) in [5.74, 6) is 3.12. The molecule has 0 aromatic rings. The molecule has 2 heteroatoms. The van der Waals surface area contributed by atoms with Crippen molar-refractivity contribution in [2.24, 2.45) is 23.7 Å². The molecule has 23 heavy (non-hydrogen) atoms. The van der Waals surface area contributed by atoms with Gasteiger partial charge in [0.25, 0.3) is 0 Å². The molecule has 0 saturated heterocycles. The van der Waals surface area contributed by atoms with E-state index < -0.39 is 0 Å². The fourth-order valence-electron chi connectivity index (χ4n) is 4.49. The largest absolute Gasteiger partial charge is 0.251 e. The quantitative estimate of drug-likeness (QED) is 0.462. The van der Waals surface area contributed by atoms with Gasteiger partial charge in [0.05, 0.1) is 12.7 Å². The van der Waals surface area contributed by atoms with Crippen molar-refractivity contribution < 1.29 is 4.39 Å². The summed E-state index contributed by atoms with van der Waals surface area (Å²) in [6, 6.07) is 2.44. The average molecular weight is 320 g/mol. The highest BCUT2D eigenvalue weighted by molar-refractivity contribution is 4.87. The summed E-state index contributed by atoms with van der Waals surface area (Å²) >= 11 is 0. The normalized spacial score (nSPS) is 32.0. The number of hydrogen-bond donors (Lipinski definition) is 0. The molecular weight excluding hydrogens is 285 g/mol. The Bertz CT molecular complexity index is 368. The van der Waals surface area contributed by atoms with Crippen molar-refractivity contribution in [3.05, 3.63) is 12.2 Å². The van der Waals surface area contributed by atoms with Gasteiger partial charge in [-0.25, -0.2) is 0 Å². The molecule has 2 saturated carbocycles. The van der Waals surface area contributed by atoms with Gasteiger partial charge in [0.2, 0.25) is 0 Å². The van der Waals surface area contributed by atoms with Crippen LogP contribution in [0.3, 0.4) is 0 Å². The van der Waals surface area contributed by atoms with Crippen LogP contribution in [-0.2, 0) is 0 Å². The molecule has 0 aliphatic heterocycles. The van der Waals surface area contributed by atoms with Crippen LogP contribution in [0.25, 0.3) is 0 Å². The molecule has 0 atom stereocenters. The molecule has 0 radical (unpaired) electrons. The predicted molar refractivity (Wildman–Crippen MR) is 94.7 cm³/mol. The van der Waals surface area contributed by atoms with Crippen molar-refractivity contribution in [3.63, 3.8) is 0 Å². The van der Waals surface area contributed by atoms with E-state index in [4.69, 9.17) is 5.26 Å². The molecular formula is C21H34FN. The van der Waals surface area contributed by atoms with Crippen molar-refractivity contribution in [2.75, 3.05) is 6.67 Å². The standard InChI is InChI=1S/C21H34FN/c22-16-4-2-1-3-5-18-6-8-19(9-7-18)10-11-20-12-14-21(17-23)15-13-20/h1-2,18-21H,3-16H2/b2-1+/t18-,19-,20?,21?. The van der Waals surface area contributed by atoms with Gasteiger partial charge >= 0.3 is 0 Å². The maximum Gasteiger partial charge on any atom is 0.0928 e. The van der Waals surface area contributed by atoms with Crippen molar-refractivity contribution in [2.45, 2.75) is 83.5 Å². The molecule has 0 aromatic carbocycles. The second-order valence-corrected chi connectivity index (χ2v) is 7.84. The molecule has 1 nitrogen and oxygen atoms in total. The Morgan fingerprint density at radius 1 is 0.739 bits per heavy atom. The number of halogens is 1. The molecule has 0 aromatic heterocycles. The molecule has 2 rings (SSSR count). The van der Waals surface area contributed by atoms with Crippen LogP contribution in [0.4, 0.5) is 4.39 Å². The minimum Gasteiger partial charge on any atom is -0.251 e. The van der Waals surface area contributed by atoms with Crippen LogP contribution >= 0.6 is 0 Å². The van der Waals surface area contributed by atoms with Crippen LogP contribution in [-0.4, -0.2) is 6.67 Å². The molecule has 0 heterocycles. The summed E-state index contributed by atoms with van der Waals surface area (Å²) < 4.78 is 12.0. The van der Waals surface area contributed by atoms with Gasteiger partial charge in [0.15, 0.2) is 0 Å². The predicted octanol–water partition coefficient (Wildman–Crippen LogP) is 6.60. The molecule has 2 aliphatic carbocycles. The lowest BCUT2D eigenvalue weighted by Gasteiger charge is -2.30. The van der Waals surface area contributed by atoms with Gasteiger partial charge in [0, 0.05) is 5.92 Å². The lowest BCUT2D eigenvalue weighted by atomic mass is 9.75. The van der Waals surface area contributed by atoms with Gasteiger partial charge < -0.3 is 0 Å². The molecule has 0 unspecified atom stereocenters. The fraction of sp³-hybridized carbons (Fsp3) is 0.857. The zero-order valence-electron chi connectivity index (χ0n) is 14.7. The summed E-state index contributed by atoms with van der Waals surface area (Å²) in [4.78, 5) is 0. The van der Waals surface area contributed by atoms with Gasteiger partial charge in [-0.05, 0) is 62.7 Å². The SMILES string of the molecule is N#CC1CCC(CC[C@H]2CC[C@H](CC/C=C/CCF)CC2)CC1. The first-order valence-corrected chi connectivity index (χ1v) is 9.92. The van der Waals surface area contributed by atoms with E-state index in [1.54, 1.807) is 0 Å². The number of hydrogen-bond acceptors (Lipinski definition) is 1. The summed E-state index contributed by atoms with van der Waals surface area (Å²) in [5, 5.41) is 8.97. The van der Waals surface area contributed by atoms with Gasteiger partial charge in [0.1, 0.15) is 0 Å². The maximum absolute atomic E-state index is 12.0. The Morgan fingerprint density at radius 2 is 1.22 bits per heavy atom. The Balaban J connectivity index is 1.52. The summed E-state index contributed by atoms with van der Waals surface area (Å²) in [5.41, 5.74) is 0. The number of alkyl halides is 1. The highest BCUT2D eigenvalue weighted by atomic mass is 19.1. The topological polar surface area (TPSA) is 23.8 Å². The Morgan fingerprint density at radius 3 is 1.74 bits per heavy atom. The van der Waals surface area contributed by atoms with Gasteiger partial charge in [-0.15, -0.1) is 0 Å². The van der Waals surface area contributed by atoms with Crippen LogP contribution < -0.4 is 0 Å². The highest BCUT2D eigenvalue weighted by Crippen LogP contribution is 2.37. The number of allylic oxidation sites excluding steroid dienone is 2.